The molecule has 1 rings (SSSR count). The van der Waals surface area contributed by atoms with Crippen LogP contribution in [0.3, 0.4) is 0 Å². The Morgan fingerprint density at radius 2 is 1.90 bits per heavy atom. The van der Waals surface area contributed by atoms with Crippen LogP contribution in [0.15, 0.2) is 0 Å². The maximum Gasteiger partial charge on any atom is 0.407 e. The van der Waals surface area contributed by atoms with Gasteiger partial charge in [-0.3, -0.25) is 4.79 Å². The van der Waals surface area contributed by atoms with Crippen LogP contribution >= 0.6 is 0 Å². The lowest BCUT2D eigenvalue weighted by Crippen LogP contribution is -2.48. The molecule has 0 radical (unpaired) electrons. The molecule has 0 bridgehead atoms. The van der Waals surface area contributed by atoms with Crippen LogP contribution in [0.5, 0.6) is 0 Å². The maximum absolute atomic E-state index is 12.0. The second kappa shape index (κ2) is 6.95. The minimum absolute atomic E-state index is 0.194. The summed E-state index contributed by atoms with van der Waals surface area (Å²) in [5.74, 6) is -0.0209. The van der Waals surface area contributed by atoms with Gasteiger partial charge in [0.15, 0.2) is 0 Å². The zero-order chi connectivity index (χ0) is 15.3. The molecule has 1 amide bonds. The highest BCUT2D eigenvalue weighted by Crippen LogP contribution is 2.30. The molecule has 1 N–H and O–H groups in total. The highest BCUT2D eigenvalue weighted by atomic mass is 16.6. The van der Waals surface area contributed by atoms with E-state index in [1.807, 2.05) is 20.8 Å². The third kappa shape index (κ3) is 5.39. The molecule has 5 nitrogen and oxygen atoms in total. The third-order valence-electron chi connectivity index (χ3n) is 3.40. The highest BCUT2D eigenvalue weighted by molar-refractivity contribution is 5.75. The molecule has 116 valence electrons. The molecule has 1 unspecified atom stereocenters. The van der Waals surface area contributed by atoms with Crippen molar-refractivity contribution in [1.29, 1.82) is 0 Å². The molecule has 0 aromatic rings. The van der Waals surface area contributed by atoms with E-state index < -0.39 is 11.7 Å². The standard InChI is InChI=1S/C15H27NO4/c1-6-19-13(17)11-9-10(2)7-8-12(11)16-14(18)20-15(3,4)5/h10-12H,6-9H2,1-5H3,(H,16,18)/t10?,11-,12-/m0/s1. The van der Waals surface area contributed by atoms with Crippen LogP contribution in [0.2, 0.25) is 0 Å². The molecule has 20 heavy (non-hydrogen) atoms. The van der Waals surface area contributed by atoms with Crippen LogP contribution in [0.1, 0.15) is 53.9 Å². The Kier molecular flexibility index (Phi) is 5.84. The number of carbonyl (C=O) groups is 2. The van der Waals surface area contributed by atoms with Crippen LogP contribution in [-0.2, 0) is 14.3 Å². The molecule has 0 aromatic heterocycles. The fraction of sp³-hybridized carbons (Fsp3) is 0.867. The second-order valence-electron chi connectivity index (χ2n) is 6.53. The first-order valence-corrected chi connectivity index (χ1v) is 7.39. The number of nitrogens with one attached hydrogen (secondary N) is 1. The van der Waals surface area contributed by atoms with Gasteiger partial charge in [0, 0.05) is 6.04 Å². The Labute approximate surface area is 121 Å². The topological polar surface area (TPSA) is 64.6 Å². The Bertz CT molecular complexity index is 348. The zero-order valence-electron chi connectivity index (χ0n) is 13.2. The lowest BCUT2D eigenvalue weighted by molar-refractivity contribution is -0.150. The number of alkyl carbamates (subject to hydrolysis) is 1. The monoisotopic (exact) mass is 285 g/mol. The summed E-state index contributed by atoms with van der Waals surface area (Å²) in [5, 5.41) is 2.82. The van der Waals surface area contributed by atoms with E-state index in [9.17, 15) is 9.59 Å². The van der Waals surface area contributed by atoms with Crippen LogP contribution in [0, 0.1) is 11.8 Å². The molecule has 3 atom stereocenters. The van der Waals surface area contributed by atoms with Gasteiger partial charge in [-0.25, -0.2) is 4.79 Å². The van der Waals surface area contributed by atoms with Crippen LogP contribution in [-0.4, -0.2) is 30.3 Å². The van der Waals surface area contributed by atoms with Gasteiger partial charge in [0.2, 0.25) is 0 Å². The lowest BCUT2D eigenvalue weighted by Gasteiger charge is -2.34. The molecular weight excluding hydrogens is 258 g/mol. The van der Waals surface area contributed by atoms with Crippen molar-refractivity contribution in [2.45, 2.75) is 65.5 Å². The van der Waals surface area contributed by atoms with Gasteiger partial charge in [-0.1, -0.05) is 6.92 Å². The number of esters is 1. The molecule has 0 aliphatic heterocycles. The van der Waals surface area contributed by atoms with E-state index >= 15 is 0 Å². The summed E-state index contributed by atoms with van der Waals surface area (Å²) in [7, 11) is 0. The molecule has 0 aromatic carbocycles. The van der Waals surface area contributed by atoms with E-state index in [0.717, 1.165) is 19.3 Å². The van der Waals surface area contributed by atoms with Gasteiger partial charge in [0.05, 0.1) is 12.5 Å². The van der Waals surface area contributed by atoms with Crippen molar-refractivity contribution < 1.29 is 19.1 Å². The summed E-state index contributed by atoms with van der Waals surface area (Å²) in [6.07, 6.45) is 2.06. The quantitative estimate of drug-likeness (QED) is 0.810. The van der Waals surface area contributed by atoms with Crippen molar-refractivity contribution in [3.63, 3.8) is 0 Å². The highest BCUT2D eigenvalue weighted by Gasteiger charge is 2.36. The summed E-state index contributed by atoms with van der Waals surface area (Å²) in [5.41, 5.74) is -0.536. The summed E-state index contributed by atoms with van der Waals surface area (Å²) in [6, 6.07) is -0.194. The second-order valence-corrected chi connectivity index (χ2v) is 6.53. The molecule has 1 fully saturated rings. The first-order chi connectivity index (χ1) is 9.23. The molecule has 0 spiro atoms. The van der Waals surface area contributed by atoms with Crippen LogP contribution in [0.4, 0.5) is 4.79 Å². The predicted molar refractivity (Wildman–Crippen MR) is 76.3 cm³/mol. The summed E-state index contributed by atoms with van der Waals surface area (Å²) in [4.78, 5) is 23.9. The smallest absolute Gasteiger partial charge is 0.407 e. The van der Waals surface area contributed by atoms with Crippen LogP contribution < -0.4 is 5.32 Å². The Hall–Kier alpha value is -1.26. The largest absolute Gasteiger partial charge is 0.466 e. The summed E-state index contributed by atoms with van der Waals surface area (Å²) in [6.45, 7) is 9.73. The van der Waals surface area contributed by atoms with E-state index in [-0.39, 0.29) is 17.9 Å². The van der Waals surface area contributed by atoms with E-state index in [0.29, 0.717) is 12.5 Å². The molecule has 0 heterocycles. The zero-order valence-corrected chi connectivity index (χ0v) is 13.2. The van der Waals surface area contributed by atoms with E-state index in [1.54, 1.807) is 6.92 Å². The minimum atomic E-state index is -0.536. The molecule has 1 aliphatic carbocycles. The SMILES string of the molecule is CCOC(=O)[C@H]1CC(C)CC[C@@H]1NC(=O)OC(C)(C)C. The Morgan fingerprint density at radius 1 is 1.25 bits per heavy atom. The fourth-order valence-electron chi connectivity index (χ4n) is 2.52. The maximum atomic E-state index is 12.0. The lowest BCUT2D eigenvalue weighted by atomic mass is 9.79. The third-order valence-corrected chi connectivity index (χ3v) is 3.40. The van der Waals surface area contributed by atoms with Crippen molar-refractivity contribution >= 4 is 12.1 Å². The van der Waals surface area contributed by atoms with Crippen molar-refractivity contribution in [3.05, 3.63) is 0 Å². The number of amides is 1. The van der Waals surface area contributed by atoms with Gasteiger partial charge in [-0.2, -0.15) is 0 Å². The van der Waals surface area contributed by atoms with E-state index in [4.69, 9.17) is 9.47 Å². The normalized spacial score (nSPS) is 26.8. The molecule has 1 aliphatic rings. The first-order valence-electron chi connectivity index (χ1n) is 7.39. The van der Waals surface area contributed by atoms with Crippen molar-refractivity contribution in [1.82, 2.24) is 5.32 Å². The molecule has 1 saturated carbocycles. The fourth-order valence-corrected chi connectivity index (χ4v) is 2.52. The van der Waals surface area contributed by atoms with Gasteiger partial charge < -0.3 is 14.8 Å². The van der Waals surface area contributed by atoms with Gasteiger partial charge in [-0.15, -0.1) is 0 Å². The van der Waals surface area contributed by atoms with E-state index in [1.165, 1.54) is 0 Å². The molecule has 0 saturated heterocycles. The van der Waals surface area contributed by atoms with E-state index in [2.05, 4.69) is 12.2 Å². The molecule has 5 heteroatoms. The summed E-state index contributed by atoms with van der Waals surface area (Å²) < 4.78 is 10.4. The van der Waals surface area contributed by atoms with Crippen LogP contribution in [0.25, 0.3) is 0 Å². The van der Waals surface area contributed by atoms with Crippen molar-refractivity contribution in [2.75, 3.05) is 6.61 Å². The summed E-state index contributed by atoms with van der Waals surface area (Å²) >= 11 is 0. The van der Waals surface area contributed by atoms with Gasteiger partial charge >= 0.3 is 12.1 Å². The Balaban J connectivity index is 2.64. The van der Waals surface area contributed by atoms with Crippen molar-refractivity contribution in [2.24, 2.45) is 11.8 Å². The number of hydrogen-bond acceptors (Lipinski definition) is 4. The average molecular weight is 285 g/mol. The van der Waals surface area contributed by atoms with Gasteiger partial charge in [0.25, 0.3) is 0 Å². The number of ether oxygens (including phenoxy) is 2. The van der Waals surface area contributed by atoms with Gasteiger partial charge in [0.1, 0.15) is 5.60 Å². The van der Waals surface area contributed by atoms with Crippen molar-refractivity contribution in [3.8, 4) is 0 Å². The van der Waals surface area contributed by atoms with Gasteiger partial charge in [-0.05, 0) is 52.9 Å². The minimum Gasteiger partial charge on any atom is -0.466 e. The number of rotatable bonds is 3. The number of hydrogen-bond donors (Lipinski definition) is 1. The Morgan fingerprint density at radius 3 is 2.45 bits per heavy atom. The first kappa shape index (κ1) is 16.8. The number of carbonyl (C=O) groups excluding carboxylic acids is 2. The predicted octanol–water partition coefficient (Wildman–Crippen LogP) is 2.88. The average Bonchev–Trinajstić information content (AvgIpc) is 2.29. The molecular formula is C15H27NO4.